The van der Waals surface area contributed by atoms with Gasteiger partial charge in [-0.2, -0.15) is 0 Å². The number of hydrogen-bond acceptors (Lipinski definition) is 3. The molecule has 7 heteroatoms. The third-order valence-corrected chi connectivity index (χ3v) is 2.79. The number of benzene rings is 1. The molecule has 0 atom stereocenters. The van der Waals surface area contributed by atoms with Crippen LogP contribution in [-0.4, -0.2) is 14.5 Å². The smallest absolute Gasteiger partial charge is 0.264 e. The molecule has 1 aromatic rings. The summed E-state index contributed by atoms with van der Waals surface area (Å²) in [4.78, 5) is 2.21. The van der Waals surface area contributed by atoms with Crippen molar-refractivity contribution in [1.29, 1.82) is 0 Å². The molecule has 0 aliphatic heterocycles. The van der Waals surface area contributed by atoms with Gasteiger partial charge >= 0.3 is 0 Å². The molecule has 0 aliphatic carbocycles. The first kappa shape index (κ1) is 12.4. The maximum atomic E-state index is 11.3. The number of hydrogen-bond donors (Lipinski definition) is 0. The number of sulfonamides is 1. The zero-order valence-corrected chi connectivity index (χ0v) is 9.68. The van der Waals surface area contributed by atoms with E-state index in [1.165, 1.54) is 24.3 Å². The standard InChI is InChI=1S/C9H11N3O3S/c1-7(2)15-8-3-5-9(6-4-8)16(13,14)12-11-10/h3-7H,1-2H3. The van der Waals surface area contributed by atoms with Gasteiger partial charge in [-0.25, -0.2) is 8.42 Å². The van der Waals surface area contributed by atoms with Crippen LogP contribution in [0.3, 0.4) is 0 Å². The molecule has 1 rings (SSSR count). The second-order valence-electron chi connectivity index (χ2n) is 3.28. The molecule has 0 fully saturated rings. The van der Waals surface area contributed by atoms with Crippen LogP contribution < -0.4 is 4.74 Å². The van der Waals surface area contributed by atoms with Gasteiger partial charge in [-0.15, -0.1) is 0 Å². The number of azide groups is 1. The Morgan fingerprint density at radius 2 is 1.88 bits per heavy atom. The zero-order valence-electron chi connectivity index (χ0n) is 8.86. The Morgan fingerprint density at radius 1 is 1.31 bits per heavy atom. The predicted octanol–water partition coefficient (Wildman–Crippen LogP) is 2.47. The maximum Gasteiger partial charge on any atom is 0.264 e. The summed E-state index contributed by atoms with van der Waals surface area (Å²) in [5.41, 5.74) is 8.09. The van der Waals surface area contributed by atoms with E-state index in [1.807, 2.05) is 13.8 Å². The van der Waals surface area contributed by atoms with E-state index in [2.05, 4.69) is 9.43 Å². The minimum Gasteiger partial charge on any atom is -0.491 e. The molecule has 1 aromatic carbocycles. The predicted molar refractivity (Wildman–Crippen MR) is 58.5 cm³/mol. The van der Waals surface area contributed by atoms with Gasteiger partial charge in [0, 0.05) is 9.43 Å². The highest BCUT2D eigenvalue weighted by Crippen LogP contribution is 2.18. The zero-order chi connectivity index (χ0) is 12.2. The van der Waals surface area contributed by atoms with Crippen molar-refractivity contribution in [2.45, 2.75) is 24.8 Å². The van der Waals surface area contributed by atoms with Gasteiger partial charge < -0.3 is 4.74 Å². The van der Waals surface area contributed by atoms with E-state index in [0.717, 1.165) is 0 Å². The molecule has 0 spiro atoms. The van der Waals surface area contributed by atoms with Crippen molar-refractivity contribution in [2.24, 2.45) is 4.52 Å². The fourth-order valence-electron chi connectivity index (χ4n) is 1.06. The summed E-state index contributed by atoms with van der Waals surface area (Å²) in [7, 11) is -3.90. The fraction of sp³-hybridized carbons (Fsp3) is 0.333. The van der Waals surface area contributed by atoms with Crippen molar-refractivity contribution in [3.05, 3.63) is 34.7 Å². The van der Waals surface area contributed by atoms with E-state index in [4.69, 9.17) is 10.3 Å². The Hall–Kier alpha value is -1.72. The second kappa shape index (κ2) is 4.87. The monoisotopic (exact) mass is 241 g/mol. The number of nitrogens with zero attached hydrogens (tertiary/aromatic N) is 3. The van der Waals surface area contributed by atoms with E-state index in [9.17, 15) is 8.42 Å². The fourth-order valence-corrected chi connectivity index (χ4v) is 1.73. The summed E-state index contributed by atoms with van der Waals surface area (Å²) in [5, 5.41) is 0. The first-order valence-electron chi connectivity index (χ1n) is 4.54. The Bertz CT molecular complexity index is 501. The summed E-state index contributed by atoms with van der Waals surface area (Å²) < 4.78 is 30.7. The molecule has 16 heavy (non-hydrogen) atoms. The molecule has 6 nitrogen and oxygen atoms in total. The Balaban J connectivity index is 3.00. The Kier molecular flexibility index (Phi) is 3.76. The van der Waals surface area contributed by atoms with Crippen LogP contribution in [-0.2, 0) is 10.0 Å². The van der Waals surface area contributed by atoms with Crippen LogP contribution in [0, 0.1) is 0 Å². The molecule has 0 radical (unpaired) electrons. The summed E-state index contributed by atoms with van der Waals surface area (Å²) in [6.45, 7) is 3.73. The van der Waals surface area contributed by atoms with Crippen LogP contribution in [0.1, 0.15) is 13.8 Å². The van der Waals surface area contributed by atoms with Gasteiger partial charge in [-0.1, -0.05) is 0 Å². The lowest BCUT2D eigenvalue weighted by molar-refractivity contribution is 0.242. The highest BCUT2D eigenvalue weighted by atomic mass is 32.2. The van der Waals surface area contributed by atoms with Gasteiger partial charge in [-0.05, 0) is 43.6 Å². The molecule has 0 heterocycles. The van der Waals surface area contributed by atoms with Crippen LogP contribution in [0.4, 0.5) is 0 Å². The quantitative estimate of drug-likeness (QED) is 0.460. The highest BCUT2D eigenvalue weighted by Gasteiger charge is 2.11. The second-order valence-corrected chi connectivity index (χ2v) is 4.87. The molecule has 0 amide bonds. The first-order chi connectivity index (χ1) is 7.45. The minimum absolute atomic E-state index is 0.0135. The third kappa shape index (κ3) is 3.15. The molecule has 0 saturated heterocycles. The molecule has 0 saturated carbocycles. The molecule has 86 valence electrons. The molecular formula is C9H11N3O3S. The van der Waals surface area contributed by atoms with Crippen LogP contribution in [0.25, 0.3) is 10.4 Å². The highest BCUT2D eigenvalue weighted by molar-refractivity contribution is 7.90. The maximum absolute atomic E-state index is 11.3. The summed E-state index contributed by atoms with van der Waals surface area (Å²) in [6.07, 6.45) is 0.0135. The summed E-state index contributed by atoms with van der Waals surface area (Å²) in [5.74, 6) is 0.565. The average Bonchev–Trinajstić information content (AvgIpc) is 2.17. The van der Waals surface area contributed by atoms with Crippen molar-refractivity contribution in [3.63, 3.8) is 0 Å². The van der Waals surface area contributed by atoms with E-state index < -0.39 is 10.0 Å². The third-order valence-electron chi connectivity index (χ3n) is 1.64. The van der Waals surface area contributed by atoms with Crippen LogP contribution in [0.2, 0.25) is 0 Å². The van der Waals surface area contributed by atoms with E-state index in [1.54, 1.807) is 0 Å². The molecular weight excluding hydrogens is 230 g/mol. The van der Waals surface area contributed by atoms with Crippen molar-refractivity contribution >= 4 is 10.0 Å². The van der Waals surface area contributed by atoms with Gasteiger partial charge in [0.25, 0.3) is 10.0 Å². The van der Waals surface area contributed by atoms with Crippen LogP contribution >= 0.6 is 0 Å². The van der Waals surface area contributed by atoms with Crippen molar-refractivity contribution in [3.8, 4) is 5.75 Å². The summed E-state index contributed by atoms with van der Waals surface area (Å²) in [6, 6.07) is 5.70. The largest absolute Gasteiger partial charge is 0.491 e. The molecule has 0 aromatic heterocycles. The molecule has 0 N–H and O–H groups in total. The van der Waals surface area contributed by atoms with Gasteiger partial charge in [0.15, 0.2) is 0 Å². The van der Waals surface area contributed by atoms with Gasteiger partial charge in [0.2, 0.25) is 0 Å². The van der Waals surface area contributed by atoms with Crippen molar-refractivity contribution in [1.82, 2.24) is 0 Å². The van der Waals surface area contributed by atoms with E-state index in [-0.39, 0.29) is 11.0 Å². The molecule has 0 bridgehead atoms. The minimum atomic E-state index is -3.90. The number of ether oxygens (including phenoxy) is 1. The average molecular weight is 241 g/mol. The lowest BCUT2D eigenvalue weighted by Gasteiger charge is -2.09. The lowest BCUT2D eigenvalue weighted by atomic mass is 10.3. The lowest BCUT2D eigenvalue weighted by Crippen LogP contribution is -2.05. The first-order valence-corrected chi connectivity index (χ1v) is 5.98. The molecule has 0 unspecified atom stereocenters. The normalized spacial score (nSPS) is 10.9. The van der Waals surface area contributed by atoms with Gasteiger partial charge in [0.1, 0.15) is 5.75 Å². The van der Waals surface area contributed by atoms with Crippen molar-refractivity contribution in [2.75, 3.05) is 0 Å². The van der Waals surface area contributed by atoms with Crippen LogP contribution in [0.15, 0.2) is 33.7 Å². The van der Waals surface area contributed by atoms with Gasteiger partial charge in [-0.3, -0.25) is 0 Å². The Labute approximate surface area is 93.5 Å². The Morgan fingerprint density at radius 3 is 2.31 bits per heavy atom. The van der Waals surface area contributed by atoms with Gasteiger partial charge in [0.05, 0.1) is 11.0 Å². The molecule has 0 aliphatic rings. The number of rotatable bonds is 4. The van der Waals surface area contributed by atoms with E-state index in [0.29, 0.717) is 5.75 Å². The van der Waals surface area contributed by atoms with Crippen LogP contribution in [0.5, 0.6) is 5.75 Å². The van der Waals surface area contributed by atoms with E-state index >= 15 is 0 Å². The summed E-state index contributed by atoms with van der Waals surface area (Å²) >= 11 is 0. The van der Waals surface area contributed by atoms with Crippen molar-refractivity contribution < 1.29 is 13.2 Å². The SMILES string of the molecule is CC(C)Oc1ccc(S(=O)(=O)N=[N+]=[N-])cc1. The topological polar surface area (TPSA) is 92.1 Å².